The van der Waals surface area contributed by atoms with E-state index >= 15 is 0 Å². The first-order valence-electron chi connectivity index (χ1n) is 7.02. The number of hydrogen-bond acceptors (Lipinski definition) is 2. The lowest BCUT2D eigenvalue weighted by molar-refractivity contribution is -0.125. The minimum Gasteiger partial charge on any atom is -0.361 e. The molecule has 1 amide bonds. The number of nitrogens with one attached hydrogen (secondary N) is 2. The Labute approximate surface area is 124 Å². The van der Waals surface area contributed by atoms with Crippen LogP contribution in [0.3, 0.4) is 0 Å². The van der Waals surface area contributed by atoms with E-state index in [1.807, 2.05) is 32.8 Å². The van der Waals surface area contributed by atoms with Gasteiger partial charge in [-0.2, -0.15) is 0 Å². The summed E-state index contributed by atoms with van der Waals surface area (Å²) in [5.74, 6) is -0.360. The van der Waals surface area contributed by atoms with Crippen molar-refractivity contribution in [2.24, 2.45) is 0 Å². The van der Waals surface area contributed by atoms with Crippen LogP contribution in [0.5, 0.6) is 0 Å². The summed E-state index contributed by atoms with van der Waals surface area (Å²) < 4.78 is 13.5. The van der Waals surface area contributed by atoms with Gasteiger partial charge < -0.3 is 15.2 Å². The van der Waals surface area contributed by atoms with Gasteiger partial charge in [-0.3, -0.25) is 4.79 Å². The van der Waals surface area contributed by atoms with Crippen LogP contribution >= 0.6 is 0 Å². The number of halogens is 1. The summed E-state index contributed by atoms with van der Waals surface area (Å²) in [7, 11) is 3.92. The standard InChI is InChI=1S/C16H22FN3O/c1-16(2,15(21)18-7-8-20(3)4)13-10-19-14-6-5-11(17)9-12(13)14/h5-6,9-10,19H,7-8H2,1-4H3,(H,18,21). The van der Waals surface area contributed by atoms with Gasteiger partial charge in [0, 0.05) is 30.2 Å². The van der Waals surface area contributed by atoms with Crippen molar-refractivity contribution in [1.82, 2.24) is 15.2 Å². The van der Waals surface area contributed by atoms with Gasteiger partial charge in [0.25, 0.3) is 0 Å². The first kappa shape index (κ1) is 15.5. The summed E-state index contributed by atoms with van der Waals surface area (Å²) in [6, 6.07) is 4.57. The van der Waals surface area contributed by atoms with Crippen molar-refractivity contribution in [2.45, 2.75) is 19.3 Å². The van der Waals surface area contributed by atoms with Gasteiger partial charge in [-0.1, -0.05) is 0 Å². The number of H-pyrrole nitrogens is 1. The highest BCUT2D eigenvalue weighted by Crippen LogP contribution is 2.31. The number of hydrogen-bond donors (Lipinski definition) is 2. The maximum Gasteiger partial charge on any atom is 0.230 e. The number of likely N-dealkylation sites (N-methyl/N-ethyl adjacent to an activating group) is 1. The van der Waals surface area contributed by atoms with Crippen molar-refractivity contribution in [3.63, 3.8) is 0 Å². The smallest absolute Gasteiger partial charge is 0.230 e. The fourth-order valence-corrected chi connectivity index (χ4v) is 2.35. The molecule has 0 aliphatic heterocycles. The third-order valence-corrected chi connectivity index (χ3v) is 3.73. The van der Waals surface area contributed by atoms with Crippen molar-refractivity contribution in [3.05, 3.63) is 35.8 Å². The summed E-state index contributed by atoms with van der Waals surface area (Å²) >= 11 is 0. The number of benzene rings is 1. The van der Waals surface area contributed by atoms with Crippen LogP contribution in [0.25, 0.3) is 10.9 Å². The Balaban J connectivity index is 2.24. The number of rotatable bonds is 5. The minimum absolute atomic E-state index is 0.0606. The van der Waals surface area contributed by atoms with Gasteiger partial charge >= 0.3 is 0 Å². The molecule has 0 aliphatic carbocycles. The summed E-state index contributed by atoms with van der Waals surface area (Å²) in [4.78, 5) is 17.5. The highest BCUT2D eigenvalue weighted by molar-refractivity contribution is 5.94. The molecule has 2 N–H and O–H groups in total. The predicted molar refractivity (Wildman–Crippen MR) is 82.8 cm³/mol. The molecule has 0 saturated carbocycles. The third-order valence-electron chi connectivity index (χ3n) is 3.73. The molecule has 0 bridgehead atoms. The molecule has 4 nitrogen and oxygen atoms in total. The third kappa shape index (κ3) is 3.24. The summed E-state index contributed by atoms with van der Waals surface area (Å²) in [5, 5.41) is 3.69. The van der Waals surface area contributed by atoms with Gasteiger partial charge in [-0.15, -0.1) is 0 Å². The lowest BCUT2D eigenvalue weighted by Gasteiger charge is -2.24. The SMILES string of the molecule is CN(C)CCNC(=O)C(C)(C)c1c[nH]c2ccc(F)cc12. The number of carbonyl (C=O) groups excluding carboxylic acids is 1. The van der Waals surface area contributed by atoms with Gasteiger partial charge in [-0.25, -0.2) is 4.39 Å². The van der Waals surface area contributed by atoms with E-state index in [1.54, 1.807) is 12.3 Å². The molecule has 1 heterocycles. The molecular formula is C16H22FN3O. The zero-order chi connectivity index (χ0) is 15.6. The van der Waals surface area contributed by atoms with Gasteiger partial charge in [-0.05, 0) is 51.7 Å². The number of aromatic amines is 1. The molecule has 2 aromatic rings. The van der Waals surface area contributed by atoms with Crippen LogP contribution in [0.1, 0.15) is 19.4 Å². The maximum absolute atomic E-state index is 13.5. The highest BCUT2D eigenvalue weighted by Gasteiger charge is 2.32. The lowest BCUT2D eigenvalue weighted by atomic mass is 9.83. The summed E-state index contributed by atoms with van der Waals surface area (Å²) in [5.41, 5.74) is 0.915. The molecular weight excluding hydrogens is 269 g/mol. The number of fused-ring (bicyclic) bond motifs is 1. The van der Waals surface area contributed by atoms with E-state index < -0.39 is 5.41 Å². The first-order chi connectivity index (χ1) is 9.82. The quantitative estimate of drug-likeness (QED) is 0.888. The van der Waals surface area contributed by atoms with Crippen LogP contribution < -0.4 is 5.32 Å². The van der Waals surface area contributed by atoms with Crippen molar-refractivity contribution in [2.75, 3.05) is 27.2 Å². The number of aromatic nitrogens is 1. The second kappa shape index (κ2) is 5.85. The molecule has 0 radical (unpaired) electrons. The van der Waals surface area contributed by atoms with Crippen molar-refractivity contribution in [3.8, 4) is 0 Å². The van der Waals surface area contributed by atoms with Gasteiger partial charge in [0.2, 0.25) is 5.91 Å². The largest absolute Gasteiger partial charge is 0.361 e. The van der Waals surface area contributed by atoms with Crippen LogP contribution in [0.15, 0.2) is 24.4 Å². The van der Waals surface area contributed by atoms with E-state index in [1.165, 1.54) is 12.1 Å². The van der Waals surface area contributed by atoms with E-state index in [9.17, 15) is 9.18 Å². The molecule has 114 valence electrons. The zero-order valence-corrected chi connectivity index (χ0v) is 13.0. The van der Waals surface area contributed by atoms with Crippen molar-refractivity contribution >= 4 is 16.8 Å². The van der Waals surface area contributed by atoms with Gasteiger partial charge in [0.05, 0.1) is 5.41 Å². The second-order valence-electron chi connectivity index (χ2n) is 6.08. The topological polar surface area (TPSA) is 48.1 Å². The van der Waals surface area contributed by atoms with Crippen LogP contribution in [0, 0.1) is 5.82 Å². The Morgan fingerprint density at radius 1 is 1.38 bits per heavy atom. The van der Waals surface area contributed by atoms with Gasteiger partial charge in [0.15, 0.2) is 0 Å². The van der Waals surface area contributed by atoms with Crippen molar-refractivity contribution < 1.29 is 9.18 Å². The molecule has 0 aliphatic rings. The number of nitrogens with zero attached hydrogens (tertiary/aromatic N) is 1. The van der Waals surface area contributed by atoms with E-state index in [2.05, 4.69) is 10.3 Å². The molecule has 0 saturated heterocycles. The van der Waals surface area contributed by atoms with Crippen LogP contribution in [-0.2, 0) is 10.2 Å². The Kier molecular flexibility index (Phi) is 4.32. The molecule has 5 heteroatoms. The zero-order valence-electron chi connectivity index (χ0n) is 13.0. The second-order valence-corrected chi connectivity index (χ2v) is 6.08. The molecule has 2 rings (SSSR count). The van der Waals surface area contributed by atoms with E-state index in [0.717, 1.165) is 23.0 Å². The summed E-state index contributed by atoms with van der Waals surface area (Å²) in [6.07, 6.45) is 1.79. The Morgan fingerprint density at radius 2 is 2.10 bits per heavy atom. The average molecular weight is 291 g/mol. The molecule has 1 aromatic carbocycles. The summed E-state index contributed by atoms with van der Waals surface area (Å²) in [6.45, 7) is 5.08. The van der Waals surface area contributed by atoms with Crippen LogP contribution in [0.4, 0.5) is 4.39 Å². The molecule has 0 atom stereocenters. The van der Waals surface area contributed by atoms with E-state index in [0.29, 0.717) is 6.54 Å². The Morgan fingerprint density at radius 3 is 2.76 bits per heavy atom. The molecule has 0 unspecified atom stereocenters. The monoisotopic (exact) mass is 291 g/mol. The molecule has 1 aromatic heterocycles. The molecule has 0 spiro atoms. The normalized spacial score (nSPS) is 12.1. The highest BCUT2D eigenvalue weighted by atomic mass is 19.1. The average Bonchev–Trinajstić information content (AvgIpc) is 2.81. The van der Waals surface area contributed by atoms with Crippen molar-refractivity contribution in [1.29, 1.82) is 0 Å². The minimum atomic E-state index is -0.724. The Hall–Kier alpha value is -1.88. The fraction of sp³-hybridized carbons (Fsp3) is 0.438. The number of carbonyl (C=O) groups is 1. The molecule has 21 heavy (non-hydrogen) atoms. The molecule has 0 fully saturated rings. The maximum atomic E-state index is 13.5. The van der Waals surface area contributed by atoms with Gasteiger partial charge in [0.1, 0.15) is 5.82 Å². The first-order valence-corrected chi connectivity index (χ1v) is 7.02. The van der Waals surface area contributed by atoms with E-state index in [4.69, 9.17) is 0 Å². The van der Waals surface area contributed by atoms with Crippen LogP contribution in [0.2, 0.25) is 0 Å². The lowest BCUT2D eigenvalue weighted by Crippen LogP contribution is -2.42. The fourth-order valence-electron chi connectivity index (χ4n) is 2.35. The number of amides is 1. The van der Waals surface area contributed by atoms with Crippen LogP contribution in [-0.4, -0.2) is 43.0 Å². The Bertz CT molecular complexity index is 646. The van der Waals surface area contributed by atoms with E-state index in [-0.39, 0.29) is 11.7 Å². The predicted octanol–water partition coefficient (Wildman–Crippen LogP) is 2.26.